The summed E-state index contributed by atoms with van der Waals surface area (Å²) in [6.45, 7) is 7.41. The predicted molar refractivity (Wildman–Crippen MR) is 114 cm³/mol. The molecule has 1 N–H and O–H groups in total. The zero-order chi connectivity index (χ0) is 17.9. The normalized spacial score (nSPS) is 11.2. The van der Waals surface area contributed by atoms with Crippen LogP contribution in [-0.2, 0) is 4.79 Å². The van der Waals surface area contributed by atoms with Gasteiger partial charge in [0, 0.05) is 24.5 Å². The fourth-order valence-electron chi connectivity index (χ4n) is 2.51. The number of rotatable bonds is 18. The van der Waals surface area contributed by atoms with Gasteiger partial charge in [-0.15, -0.1) is 0 Å². The Labute approximate surface area is 159 Å². The van der Waals surface area contributed by atoms with Crippen molar-refractivity contribution in [2.75, 3.05) is 18.1 Å². The summed E-state index contributed by atoms with van der Waals surface area (Å²) in [5, 5.41) is 3.01. The Bertz CT molecular complexity index is 272. The monoisotopic (exact) mass is 375 g/mol. The van der Waals surface area contributed by atoms with Gasteiger partial charge in [-0.05, 0) is 18.8 Å². The fourth-order valence-corrected chi connectivity index (χ4v) is 4.56. The molecule has 0 atom stereocenters. The number of nitrogens with one attached hydrogen (secondary N) is 1. The highest BCUT2D eigenvalue weighted by molar-refractivity contribution is 8.76. The minimum Gasteiger partial charge on any atom is -0.355 e. The van der Waals surface area contributed by atoms with Crippen molar-refractivity contribution in [3.8, 4) is 0 Å². The molecular formula is C20H41NOS2. The molecule has 0 aromatic heterocycles. The summed E-state index contributed by atoms with van der Waals surface area (Å²) in [6, 6.07) is 0. The van der Waals surface area contributed by atoms with Crippen molar-refractivity contribution >= 4 is 27.5 Å². The van der Waals surface area contributed by atoms with Gasteiger partial charge >= 0.3 is 0 Å². The van der Waals surface area contributed by atoms with Crippen LogP contribution in [0.3, 0.4) is 0 Å². The maximum Gasteiger partial charge on any atom is 0.220 e. The summed E-state index contributed by atoms with van der Waals surface area (Å²) in [5.41, 5.74) is 0. The number of carbonyl (C=O) groups excluding carboxylic acids is 1. The molecule has 0 heterocycles. The van der Waals surface area contributed by atoms with Gasteiger partial charge in [0.1, 0.15) is 0 Å². The van der Waals surface area contributed by atoms with Crippen molar-refractivity contribution in [2.24, 2.45) is 5.92 Å². The highest BCUT2D eigenvalue weighted by Crippen LogP contribution is 2.22. The van der Waals surface area contributed by atoms with Gasteiger partial charge < -0.3 is 5.32 Å². The Hall–Kier alpha value is 0.170. The largest absolute Gasteiger partial charge is 0.355 e. The van der Waals surface area contributed by atoms with Crippen LogP contribution in [0.25, 0.3) is 0 Å². The van der Waals surface area contributed by atoms with Crippen LogP contribution in [0, 0.1) is 5.92 Å². The molecule has 24 heavy (non-hydrogen) atoms. The molecule has 0 rings (SSSR count). The van der Waals surface area contributed by atoms with Crippen molar-refractivity contribution in [1.82, 2.24) is 5.32 Å². The van der Waals surface area contributed by atoms with E-state index in [1.165, 1.54) is 70.0 Å². The summed E-state index contributed by atoms with van der Waals surface area (Å²) in [4.78, 5) is 11.6. The number of unbranched alkanes of at least 4 members (excludes halogenated alkanes) is 9. The Kier molecular flexibility index (Phi) is 19.6. The second-order valence-electron chi connectivity index (χ2n) is 7.11. The van der Waals surface area contributed by atoms with E-state index in [0.29, 0.717) is 12.3 Å². The summed E-state index contributed by atoms with van der Waals surface area (Å²) in [7, 11) is 3.87. The van der Waals surface area contributed by atoms with Crippen molar-refractivity contribution in [3.05, 3.63) is 0 Å². The molecule has 0 aromatic carbocycles. The lowest BCUT2D eigenvalue weighted by molar-refractivity contribution is -0.121. The second-order valence-corrected chi connectivity index (χ2v) is 9.81. The summed E-state index contributed by atoms with van der Waals surface area (Å²) in [5.74, 6) is 3.10. The highest BCUT2D eigenvalue weighted by atomic mass is 33.1. The van der Waals surface area contributed by atoms with Crippen LogP contribution in [0.15, 0.2) is 0 Å². The Morgan fingerprint density at radius 3 is 1.96 bits per heavy atom. The van der Waals surface area contributed by atoms with Crippen LogP contribution in [0.2, 0.25) is 0 Å². The van der Waals surface area contributed by atoms with E-state index in [2.05, 4.69) is 26.1 Å². The van der Waals surface area contributed by atoms with Crippen LogP contribution in [0.5, 0.6) is 0 Å². The predicted octanol–water partition coefficient (Wildman–Crippen LogP) is 6.84. The average molecular weight is 376 g/mol. The van der Waals surface area contributed by atoms with E-state index in [4.69, 9.17) is 0 Å². The molecule has 0 spiro atoms. The molecular weight excluding hydrogens is 334 g/mol. The molecule has 0 fully saturated rings. The fraction of sp³-hybridized carbons (Fsp3) is 0.950. The number of carbonyl (C=O) groups is 1. The van der Waals surface area contributed by atoms with Crippen LogP contribution in [-0.4, -0.2) is 24.0 Å². The molecule has 4 heteroatoms. The van der Waals surface area contributed by atoms with Gasteiger partial charge in [0.15, 0.2) is 0 Å². The minimum atomic E-state index is 0.212. The van der Waals surface area contributed by atoms with E-state index >= 15 is 0 Å². The molecule has 0 saturated carbocycles. The molecule has 1 amide bonds. The SMILES string of the molecule is CCCCCCCCCCCCSSCCNC(=O)CCC(C)C. The first-order chi connectivity index (χ1) is 11.7. The van der Waals surface area contributed by atoms with Gasteiger partial charge in [-0.3, -0.25) is 4.79 Å². The summed E-state index contributed by atoms with van der Waals surface area (Å²) < 4.78 is 0. The van der Waals surface area contributed by atoms with Gasteiger partial charge in [0.2, 0.25) is 5.91 Å². The zero-order valence-electron chi connectivity index (χ0n) is 16.4. The lowest BCUT2D eigenvalue weighted by Crippen LogP contribution is -2.25. The minimum absolute atomic E-state index is 0.212. The van der Waals surface area contributed by atoms with Crippen LogP contribution in [0.4, 0.5) is 0 Å². The van der Waals surface area contributed by atoms with Gasteiger partial charge in [-0.25, -0.2) is 0 Å². The maximum atomic E-state index is 11.6. The summed E-state index contributed by atoms with van der Waals surface area (Å²) >= 11 is 0. The standard InChI is InChI=1S/C20H41NOS2/c1-4-5-6-7-8-9-10-11-12-13-17-23-24-18-16-21-20(22)15-14-19(2)3/h19H,4-18H2,1-3H3,(H,21,22). The molecule has 0 aromatic rings. The Balaban J connectivity index is 3.08. The average Bonchev–Trinajstić information content (AvgIpc) is 2.56. The quantitative estimate of drug-likeness (QED) is 0.210. The van der Waals surface area contributed by atoms with Crippen LogP contribution in [0.1, 0.15) is 97.8 Å². The summed E-state index contributed by atoms with van der Waals surface area (Å²) in [6.07, 6.45) is 15.7. The Morgan fingerprint density at radius 2 is 1.38 bits per heavy atom. The van der Waals surface area contributed by atoms with Gasteiger partial charge in [-0.1, -0.05) is 100 Å². The first-order valence-corrected chi connectivity index (χ1v) is 12.7. The third-order valence-electron chi connectivity index (χ3n) is 4.12. The van der Waals surface area contributed by atoms with Crippen molar-refractivity contribution in [1.29, 1.82) is 0 Å². The first-order valence-electron chi connectivity index (χ1n) is 10.2. The molecule has 0 unspecified atom stereocenters. The van der Waals surface area contributed by atoms with Crippen molar-refractivity contribution < 1.29 is 4.79 Å². The molecule has 0 bridgehead atoms. The number of amides is 1. The highest BCUT2D eigenvalue weighted by Gasteiger charge is 2.02. The van der Waals surface area contributed by atoms with E-state index in [-0.39, 0.29) is 5.91 Å². The Morgan fingerprint density at radius 1 is 0.833 bits per heavy atom. The van der Waals surface area contributed by atoms with Gasteiger partial charge in [0.05, 0.1) is 0 Å². The van der Waals surface area contributed by atoms with Crippen molar-refractivity contribution in [2.45, 2.75) is 97.8 Å². The van der Waals surface area contributed by atoms with Crippen LogP contribution >= 0.6 is 21.6 Å². The van der Waals surface area contributed by atoms with Gasteiger partial charge in [0.25, 0.3) is 0 Å². The number of hydrogen-bond donors (Lipinski definition) is 1. The third-order valence-corrected chi connectivity index (χ3v) is 6.61. The first kappa shape index (κ1) is 24.2. The van der Waals surface area contributed by atoms with Gasteiger partial charge in [-0.2, -0.15) is 0 Å². The second kappa shape index (κ2) is 19.5. The van der Waals surface area contributed by atoms with E-state index in [9.17, 15) is 4.79 Å². The molecule has 0 aliphatic rings. The number of hydrogen-bond acceptors (Lipinski definition) is 3. The smallest absolute Gasteiger partial charge is 0.220 e. The molecule has 0 saturated heterocycles. The zero-order valence-corrected chi connectivity index (χ0v) is 18.0. The van der Waals surface area contributed by atoms with E-state index in [1.54, 1.807) is 0 Å². The van der Waals surface area contributed by atoms with Crippen molar-refractivity contribution in [3.63, 3.8) is 0 Å². The van der Waals surface area contributed by atoms with E-state index in [0.717, 1.165) is 18.7 Å². The molecule has 0 aliphatic heterocycles. The van der Waals surface area contributed by atoms with E-state index < -0.39 is 0 Å². The van der Waals surface area contributed by atoms with Crippen LogP contribution < -0.4 is 5.32 Å². The molecule has 2 nitrogen and oxygen atoms in total. The lowest BCUT2D eigenvalue weighted by Gasteiger charge is -2.06. The maximum absolute atomic E-state index is 11.6. The third kappa shape index (κ3) is 20.2. The van der Waals surface area contributed by atoms with E-state index in [1.807, 2.05) is 21.6 Å². The topological polar surface area (TPSA) is 29.1 Å². The molecule has 0 aliphatic carbocycles. The lowest BCUT2D eigenvalue weighted by atomic mass is 10.1. The molecule has 144 valence electrons. The molecule has 0 radical (unpaired) electrons.